The normalized spacial score (nSPS) is 22.7. The average Bonchev–Trinajstić information content (AvgIpc) is 2.54. The van der Waals surface area contributed by atoms with E-state index in [-0.39, 0.29) is 11.9 Å². The summed E-state index contributed by atoms with van der Waals surface area (Å²) in [5.74, 6) is -0.373. The van der Waals surface area contributed by atoms with Crippen molar-refractivity contribution in [3.8, 4) is 0 Å². The molecule has 1 aliphatic heterocycles. The first-order chi connectivity index (χ1) is 7.13. The molecule has 1 aliphatic rings. The lowest BCUT2D eigenvalue weighted by Gasteiger charge is -2.12. The first-order valence-corrected chi connectivity index (χ1v) is 6.03. The van der Waals surface area contributed by atoms with Crippen molar-refractivity contribution in [2.75, 3.05) is 7.05 Å². The van der Waals surface area contributed by atoms with Crippen LogP contribution in [0.4, 0.5) is 4.39 Å². The van der Waals surface area contributed by atoms with E-state index in [4.69, 9.17) is 0 Å². The van der Waals surface area contributed by atoms with Gasteiger partial charge in [0.25, 0.3) is 5.91 Å². The lowest BCUT2D eigenvalue weighted by Crippen LogP contribution is -2.27. The fourth-order valence-corrected chi connectivity index (χ4v) is 0.997. The molecule has 1 fully saturated rings. The van der Waals surface area contributed by atoms with Crippen molar-refractivity contribution in [2.45, 2.75) is 67.1 Å². The Kier molecular flexibility index (Phi) is 17.8. The van der Waals surface area contributed by atoms with Gasteiger partial charge in [-0.25, -0.2) is 4.39 Å². The Morgan fingerprint density at radius 1 is 1.13 bits per heavy atom. The molecule has 0 radical (unpaired) electrons. The quantitative estimate of drug-likeness (QED) is 0.611. The molecule has 1 heterocycles. The van der Waals surface area contributed by atoms with Crippen LogP contribution in [0, 0.1) is 0 Å². The summed E-state index contributed by atoms with van der Waals surface area (Å²) in [7, 11) is 1.63. The Labute approximate surface area is 94.9 Å². The Morgan fingerprint density at radius 2 is 1.47 bits per heavy atom. The number of likely N-dealkylation sites (tertiary alicyclic amines) is 1. The Bertz CT molecular complexity index is 140. The van der Waals surface area contributed by atoms with Crippen molar-refractivity contribution < 1.29 is 9.18 Å². The van der Waals surface area contributed by atoms with Crippen molar-refractivity contribution in [3.63, 3.8) is 0 Å². The first-order valence-electron chi connectivity index (χ1n) is 6.03. The lowest BCUT2D eigenvalue weighted by atomic mass is 10.2. The summed E-state index contributed by atoms with van der Waals surface area (Å²) in [6, 6.07) is 0.0764. The van der Waals surface area contributed by atoms with E-state index in [0.29, 0.717) is 6.42 Å². The highest BCUT2D eigenvalue weighted by atomic mass is 19.1. The van der Waals surface area contributed by atoms with Crippen LogP contribution in [0.15, 0.2) is 0 Å². The van der Waals surface area contributed by atoms with Crippen molar-refractivity contribution in [2.24, 2.45) is 0 Å². The number of carbonyl (C=O) groups excluding carboxylic acids is 1. The Hall–Kier alpha value is -0.600. The van der Waals surface area contributed by atoms with Gasteiger partial charge in [0.2, 0.25) is 0 Å². The molecule has 2 atom stereocenters. The van der Waals surface area contributed by atoms with Crippen LogP contribution >= 0.6 is 0 Å². The molecule has 0 N–H and O–H groups in total. The molecule has 15 heavy (non-hydrogen) atoms. The van der Waals surface area contributed by atoms with E-state index < -0.39 is 6.17 Å². The molecule has 0 aromatic carbocycles. The maximum absolute atomic E-state index is 12.4. The van der Waals surface area contributed by atoms with Crippen molar-refractivity contribution in [1.82, 2.24) is 4.90 Å². The van der Waals surface area contributed by atoms with E-state index in [1.54, 1.807) is 7.05 Å². The van der Waals surface area contributed by atoms with E-state index in [1.165, 1.54) is 4.90 Å². The topological polar surface area (TPSA) is 20.3 Å². The molecule has 0 spiro atoms. The van der Waals surface area contributed by atoms with Crippen molar-refractivity contribution in [1.29, 1.82) is 0 Å². The Balaban J connectivity index is -0.000000208. The summed E-state index contributed by atoms with van der Waals surface area (Å²) in [4.78, 5) is 12.1. The number of carbonyl (C=O) groups is 1. The number of rotatable bonds is 0. The second-order valence-corrected chi connectivity index (χ2v) is 2.50. The maximum atomic E-state index is 12.4. The lowest BCUT2D eigenvalue weighted by molar-refractivity contribution is -0.131. The molecule has 94 valence electrons. The van der Waals surface area contributed by atoms with E-state index in [0.717, 1.165) is 0 Å². The van der Waals surface area contributed by atoms with Gasteiger partial charge in [0.1, 0.15) is 0 Å². The van der Waals surface area contributed by atoms with Gasteiger partial charge in [-0.05, 0) is 6.92 Å². The third-order valence-corrected chi connectivity index (χ3v) is 1.82. The second kappa shape index (κ2) is 13.4. The van der Waals surface area contributed by atoms with Gasteiger partial charge in [0.05, 0.1) is 0 Å². The molecule has 0 aromatic rings. The van der Waals surface area contributed by atoms with Gasteiger partial charge in [-0.3, -0.25) is 4.79 Å². The van der Waals surface area contributed by atoms with E-state index in [2.05, 4.69) is 0 Å². The summed E-state index contributed by atoms with van der Waals surface area (Å²) >= 11 is 0. The number of hydrogen-bond acceptors (Lipinski definition) is 1. The van der Waals surface area contributed by atoms with Gasteiger partial charge in [-0.2, -0.15) is 0 Å². The van der Waals surface area contributed by atoms with Crippen LogP contribution in [-0.4, -0.2) is 30.1 Å². The number of halogens is 1. The molecule has 2 nitrogen and oxygen atoms in total. The van der Waals surface area contributed by atoms with Gasteiger partial charge < -0.3 is 4.90 Å². The molecule has 1 saturated heterocycles. The third kappa shape index (κ3) is 7.34. The van der Waals surface area contributed by atoms with Gasteiger partial charge in [-0.1, -0.05) is 41.5 Å². The highest BCUT2D eigenvalue weighted by Gasteiger charge is 2.34. The van der Waals surface area contributed by atoms with Crippen LogP contribution in [0.5, 0.6) is 0 Å². The third-order valence-electron chi connectivity index (χ3n) is 1.82. The number of hydrogen-bond donors (Lipinski definition) is 0. The minimum absolute atomic E-state index is 0.0764. The van der Waals surface area contributed by atoms with Crippen LogP contribution in [0.2, 0.25) is 0 Å². The molecule has 2 unspecified atom stereocenters. The predicted molar refractivity (Wildman–Crippen MR) is 65.8 cm³/mol. The number of amides is 1. The maximum Gasteiger partial charge on any atom is 0.257 e. The van der Waals surface area contributed by atoms with Gasteiger partial charge in [0, 0.05) is 19.5 Å². The van der Waals surface area contributed by atoms with E-state index in [9.17, 15) is 9.18 Å². The standard InChI is InChI=1S/C6H10FNO.3C2H6/c1-4-3-5(7)6(9)8(4)2;3*1-2/h4-5H,3H2,1-2H3;3*1-2H3. The summed E-state index contributed by atoms with van der Waals surface area (Å²) < 4.78 is 12.4. The van der Waals surface area contributed by atoms with Crippen LogP contribution < -0.4 is 0 Å². The minimum atomic E-state index is -1.25. The molecule has 1 amide bonds. The van der Waals surface area contributed by atoms with Gasteiger partial charge in [0.15, 0.2) is 6.17 Å². The summed E-state index contributed by atoms with van der Waals surface area (Å²) in [5.41, 5.74) is 0. The van der Waals surface area contributed by atoms with Crippen molar-refractivity contribution in [3.05, 3.63) is 0 Å². The SMILES string of the molecule is CC.CC.CC.CC1CC(F)C(=O)N1C. The molecule has 0 saturated carbocycles. The summed E-state index contributed by atoms with van der Waals surface area (Å²) in [6.07, 6.45) is -0.889. The predicted octanol–water partition coefficient (Wildman–Crippen LogP) is 3.65. The molecule has 0 bridgehead atoms. The number of alkyl halides is 1. The zero-order chi connectivity index (χ0) is 13.0. The van der Waals surface area contributed by atoms with Crippen LogP contribution in [0.3, 0.4) is 0 Å². The highest BCUT2D eigenvalue weighted by Crippen LogP contribution is 2.18. The largest absolute Gasteiger partial charge is 0.340 e. The molecule has 0 aromatic heterocycles. The fraction of sp³-hybridized carbons (Fsp3) is 0.917. The zero-order valence-electron chi connectivity index (χ0n) is 11.6. The monoisotopic (exact) mass is 221 g/mol. The van der Waals surface area contributed by atoms with Crippen LogP contribution in [0.1, 0.15) is 54.9 Å². The molecule has 0 aliphatic carbocycles. The number of nitrogens with zero attached hydrogens (tertiary/aromatic N) is 1. The zero-order valence-corrected chi connectivity index (χ0v) is 11.6. The molecule has 3 heteroatoms. The molecule has 1 rings (SSSR count). The Morgan fingerprint density at radius 3 is 1.53 bits per heavy atom. The molecular formula is C12H28FNO. The van der Waals surface area contributed by atoms with Gasteiger partial charge >= 0.3 is 0 Å². The minimum Gasteiger partial charge on any atom is -0.340 e. The summed E-state index contributed by atoms with van der Waals surface area (Å²) in [6.45, 7) is 13.8. The average molecular weight is 221 g/mol. The van der Waals surface area contributed by atoms with Crippen molar-refractivity contribution >= 4 is 5.91 Å². The molecular weight excluding hydrogens is 193 g/mol. The second-order valence-electron chi connectivity index (χ2n) is 2.50. The highest BCUT2D eigenvalue weighted by molar-refractivity contribution is 5.83. The van der Waals surface area contributed by atoms with Crippen LogP contribution in [-0.2, 0) is 4.79 Å². The van der Waals surface area contributed by atoms with Gasteiger partial charge in [-0.15, -0.1) is 0 Å². The van der Waals surface area contributed by atoms with Crippen LogP contribution in [0.25, 0.3) is 0 Å². The first kappa shape index (κ1) is 19.9. The van der Waals surface area contributed by atoms with E-state index in [1.807, 2.05) is 48.5 Å². The summed E-state index contributed by atoms with van der Waals surface area (Å²) in [5, 5.41) is 0. The van der Waals surface area contributed by atoms with E-state index >= 15 is 0 Å². The smallest absolute Gasteiger partial charge is 0.257 e. The fourth-order valence-electron chi connectivity index (χ4n) is 0.997.